The smallest absolute Gasteiger partial charge is 0.305 e. The maximum absolute atomic E-state index is 11.2. The molecular weight excluding hydrogens is 370 g/mol. The van der Waals surface area contributed by atoms with E-state index in [1.165, 1.54) is 7.11 Å². The SMILES string of the molecule is COC(=O)CC/C=C\CC1COC(c2cccnc2)OC1c1ccccc1OC. The van der Waals surface area contributed by atoms with E-state index in [9.17, 15) is 4.79 Å². The van der Waals surface area contributed by atoms with E-state index < -0.39 is 6.29 Å². The number of allylic oxidation sites excluding steroid dienone is 2. The number of carbonyl (C=O) groups is 1. The minimum absolute atomic E-state index is 0.119. The van der Waals surface area contributed by atoms with Crippen LogP contribution in [0.5, 0.6) is 5.75 Å². The van der Waals surface area contributed by atoms with Crippen molar-refractivity contribution in [2.45, 2.75) is 31.7 Å². The van der Waals surface area contributed by atoms with Gasteiger partial charge in [0, 0.05) is 35.9 Å². The fourth-order valence-electron chi connectivity index (χ4n) is 3.38. The normalized spacial score (nSPS) is 21.8. The van der Waals surface area contributed by atoms with Crippen LogP contribution in [0, 0.1) is 5.92 Å². The number of nitrogens with zero attached hydrogens (tertiary/aromatic N) is 1. The van der Waals surface area contributed by atoms with Gasteiger partial charge in [0.25, 0.3) is 0 Å². The van der Waals surface area contributed by atoms with Crippen molar-refractivity contribution in [1.82, 2.24) is 4.98 Å². The van der Waals surface area contributed by atoms with Crippen LogP contribution in [0.4, 0.5) is 0 Å². The third-order valence-corrected chi connectivity index (χ3v) is 4.91. The Bertz CT molecular complexity index is 808. The minimum atomic E-state index is -0.474. The molecule has 0 amide bonds. The molecule has 6 nitrogen and oxygen atoms in total. The quantitative estimate of drug-likeness (QED) is 0.486. The van der Waals surface area contributed by atoms with Crippen LogP contribution in [0.2, 0.25) is 0 Å². The lowest BCUT2D eigenvalue weighted by atomic mass is 9.91. The monoisotopic (exact) mass is 397 g/mol. The van der Waals surface area contributed by atoms with Crippen molar-refractivity contribution in [1.29, 1.82) is 0 Å². The van der Waals surface area contributed by atoms with Crippen molar-refractivity contribution >= 4 is 5.97 Å². The van der Waals surface area contributed by atoms with Gasteiger partial charge in [0.05, 0.1) is 26.9 Å². The molecule has 3 unspecified atom stereocenters. The van der Waals surface area contributed by atoms with Gasteiger partial charge in [-0.25, -0.2) is 0 Å². The summed E-state index contributed by atoms with van der Waals surface area (Å²) < 4.78 is 22.6. The standard InChI is InChI=1S/C23H27NO5/c1-26-20-12-7-6-11-19(20)22-18(9-4-3-5-13-21(25)27-2)16-28-23(29-22)17-10-8-14-24-15-17/h3-4,6-8,10-12,14-15,18,22-23H,5,9,13,16H2,1-2H3/b4-3-. The molecule has 0 saturated carbocycles. The molecule has 1 aromatic heterocycles. The zero-order valence-corrected chi connectivity index (χ0v) is 16.8. The number of hydrogen-bond acceptors (Lipinski definition) is 6. The first-order valence-corrected chi connectivity index (χ1v) is 9.74. The topological polar surface area (TPSA) is 66.9 Å². The average Bonchev–Trinajstić information content (AvgIpc) is 2.79. The molecule has 1 aromatic carbocycles. The summed E-state index contributed by atoms with van der Waals surface area (Å²) in [7, 11) is 3.07. The molecule has 3 rings (SSSR count). The number of hydrogen-bond donors (Lipinski definition) is 0. The number of esters is 1. The Labute approximate surface area is 171 Å². The van der Waals surface area contributed by atoms with Gasteiger partial charge in [-0.15, -0.1) is 0 Å². The highest BCUT2D eigenvalue weighted by Gasteiger charge is 2.34. The molecule has 3 atom stereocenters. The lowest BCUT2D eigenvalue weighted by Gasteiger charge is -2.37. The van der Waals surface area contributed by atoms with Gasteiger partial charge in [-0.1, -0.05) is 36.4 Å². The molecule has 0 spiro atoms. The van der Waals surface area contributed by atoms with Gasteiger partial charge in [-0.2, -0.15) is 0 Å². The van der Waals surface area contributed by atoms with Crippen LogP contribution in [-0.2, 0) is 19.0 Å². The van der Waals surface area contributed by atoms with Gasteiger partial charge in [-0.05, 0) is 25.0 Å². The molecule has 2 aromatic rings. The van der Waals surface area contributed by atoms with Crippen molar-refractivity contribution in [2.24, 2.45) is 5.92 Å². The van der Waals surface area contributed by atoms with Crippen molar-refractivity contribution in [3.63, 3.8) is 0 Å². The van der Waals surface area contributed by atoms with Crippen LogP contribution >= 0.6 is 0 Å². The lowest BCUT2D eigenvalue weighted by molar-refractivity contribution is -0.244. The van der Waals surface area contributed by atoms with E-state index in [2.05, 4.69) is 15.8 Å². The zero-order valence-electron chi connectivity index (χ0n) is 16.8. The molecule has 0 radical (unpaired) electrons. The largest absolute Gasteiger partial charge is 0.496 e. The predicted octanol–water partition coefficient (Wildman–Crippen LogP) is 4.39. The maximum Gasteiger partial charge on any atom is 0.305 e. The van der Waals surface area contributed by atoms with Crippen LogP contribution in [0.3, 0.4) is 0 Å². The first-order valence-electron chi connectivity index (χ1n) is 9.74. The summed E-state index contributed by atoms with van der Waals surface area (Å²) in [6, 6.07) is 11.7. The van der Waals surface area contributed by atoms with Crippen molar-refractivity contribution in [3.05, 3.63) is 72.1 Å². The van der Waals surface area contributed by atoms with Gasteiger partial charge in [-0.3, -0.25) is 9.78 Å². The van der Waals surface area contributed by atoms with Crippen molar-refractivity contribution < 1.29 is 23.7 Å². The fourth-order valence-corrected chi connectivity index (χ4v) is 3.38. The minimum Gasteiger partial charge on any atom is -0.496 e. The van der Waals surface area contributed by atoms with Crippen LogP contribution in [-0.4, -0.2) is 31.8 Å². The van der Waals surface area contributed by atoms with Crippen LogP contribution < -0.4 is 4.74 Å². The molecular formula is C23H27NO5. The molecule has 6 heteroatoms. The Hall–Kier alpha value is -2.70. The maximum atomic E-state index is 11.2. The number of aromatic nitrogens is 1. The first-order chi connectivity index (χ1) is 14.2. The molecule has 29 heavy (non-hydrogen) atoms. The third-order valence-electron chi connectivity index (χ3n) is 4.91. The van der Waals surface area contributed by atoms with E-state index in [1.807, 2.05) is 42.5 Å². The van der Waals surface area contributed by atoms with E-state index in [0.717, 1.165) is 23.3 Å². The summed E-state index contributed by atoms with van der Waals surface area (Å²) in [5.74, 6) is 0.711. The Kier molecular flexibility index (Phi) is 7.78. The number of ether oxygens (including phenoxy) is 4. The molecule has 1 aliphatic rings. The summed E-state index contributed by atoms with van der Waals surface area (Å²) >= 11 is 0. The number of carbonyl (C=O) groups excluding carboxylic acids is 1. The van der Waals surface area contributed by atoms with Gasteiger partial charge < -0.3 is 18.9 Å². The lowest BCUT2D eigenvalue weighted by Crippen LogP contribution is -2.30. The number of methoxy groups -OCH3 is 2. The number of rotatable bonds is 8. The molecule has 1 fully saturated rings. The van der Waals surface area contributed by atoms with E-state index in [4.69, 9.17) is 14.2 Å². The highest BCUT2D eigenvalue weighted by Crippen LogP contribution is 2.42. The van der Waals surface area contributed by atoms with Gasteiger partial charge in [0.15, 0.2) is 6.29 Å². The van der Waals surface area contributed by atoms with E-state index >= 15 is 0 Å². The molecule has 0 bridgehead atoms. The summed E-state index contributed by atoms with van der Waals surface area (Å²) in [4.78, 5) is 15.4. The third kappa shape index (κ3) is 5.65. The highest BCUT2D eigenvalue weighted by atomic mass is 16.7. The Morgan fingerprint density at radius 3 is 2.83 bits per heavy atom. The van der Waals surface area contributed by atoms with Gasteiger partial charge in [0.1, 0.15) is 5.75 Å². The zero-order chi connectivity index (χ0) is 20.5. The Balaban J connectivity index is 1.74. The Morgan fingerprint density at radius 2 is 2.07 bits per heavy atom. The van der Waals surface area contributed by atoms with E-state index in [-0.39, 0.29) is 18.0 Å². The molecule has 0 aliphatic carbocycles. The number of pyridine rings is 1. The highest BCUT2D eigenvalue weighted by molar-refractivity contribution is 5.69. The second-order valence-electron chi connectivity index (χ2n) is 6.83. The molecule has 154 valence electrons. The van der Waals surface area contributed by atoms with Gasteiger partial charge >= 0.3 is 5.97 Å². The first kappa shape index (κ1) is 21.0. The van der Waals surface area contributed by atoms with Crippen molar-refractivity contribution in [3.8, 4) is 5.75 Å². The van der Waals surface area contributed by atoms with Crippen LogP contribution in [0.25, 0.3) is 0 Å². The van der Waals surface area contributed by atoms with Crippen LogP contribution in [0.15, 0.2) is 60.9 Å². The van der Waals surface area contributed by atoms with Crippen LogP contribution in [0.1, 0.15) is 42.8 Å². The predicted molar refractivity (Wildman–Crippen MR) is 108 cm³/mol. The summed E-state index contributed by atoms with van der Waals surface area (Å²) in [5, 5.41) is 0. The molecule has 1 saturated heterocycles. The molecule has 2 heterocycles. The average molecular weight is 397 g/mol. The van der Waals surface area contributed by atoms with Gasteiger partial charge in [0.2, 0.25) is 0 Å². The van der Waals surface area contributed by atoms with Crippen molar-refractivity contribution in [2.75, 3.05) is 20.8 Å². The second kappa shape index (κ2) is 10.7. The molecule has 1 aliphatic heterocycles. The fraction of sp³-hybridized carbons (Fsp3) is 0.391. The summed E-state index contributed by atoms with van der Waals surface area (Å²) in [6.45, 7) is 0.545. The summed E-state index contributed by atoms with van der Waals surface area (Å²) in [6.07, 6.45) is 8.71. The van der Waals surface area contributed by atoms with E-state index in [1.54, 1.807) is 19.5 Å². The number of benzene rings is 1. The molecule has 0 N–H and O–H groups in total. The Morgan fingerprint density at radius 1 is 1.21 bits per heavy atom. The second-order valence-corrected chi connectivity index (χ2v) is 6.83. The number of para-hydroxylation sites is 1. The van der Waals surface area contributed by atoms with E-state index in [0.29, 0.717) is 19.4 Å². The summed E-state index contributed by atoms with van der Waals surface area (Å²) in [5.41, 5.74) is 1.89.